The van der Waals surface area contributed by atoms with Gasteiger partial charge in [-0.25, -0.2) is 0 Å². The predicted octanol–water partition coefficient (Wildman–Crippen LogP) is 3.38. The maximum Gasteiger partial charge on any atom is 0.0408 e. The van der Waals surface area contributed by atoms with Crippen LogP contribution in [0.5, 0.6) is 0 Å². The molecule has 3 N–H and O–H groups in total. The van der Waals surface area contributed by atoms with Crippen molar-refractivity contribution in [3.63, 3.8) is 0 Å². The van der Waals surface area contributed by atoms with E-state index in [0.29, 0.717) is 18.0 Å². The van der Waals surface area contributed by atoms with E-state index in [9.17, 15) is 0 Å². The molecule has 0 amide bonds. The standard InChI is InChI=1S/C16H25ClN2/c1-12(9-13-5-4-7-15(17)10-13)19-16-8-3-2-6-14(16)11-18/h4-5,7,10,12,14,16,19H,2-3,6,8-9,11,18H2,1H3. The fraction of sp³-hybridized carbons (Fsp3) is 0.625. The zero-order chi connectivity index (χ0) is 13.7. The molecule has 19 heavy (non-hydrogen) atoms. The highest BCUT2D eigenvalue weighted by atomic mass is 35.5. The van der Waals surface area contributed by atoms with Gasteiger partial charge in [-0.1, -0.05) is 36.6 Å². The van der Waals surface area contributed by atoms with Crippen LogP contribution in [0.15, 0.2) is 24.3 Å². The molecule has 1 saturated carbocycles. The zero-order valence-corrected chi connectivity index (χ0v) is 12.5. The Morgan fingerprint density at radius 1 is 1.37 bits per heavy atom. The third-order valence-electron chi connectivity index (χ3n) is 4.14. The van der Waals surface area contributed by atoms with E-state index < -0.39 is 0 Å². The van der Waals surface area contributed by atoms with Crippen molar-refractivity contribution < 1.29 is 0 Å². The van der Waals surface area contributed by atoms with Crippen LogP contribution in [0.3, 0.4) is 0 Å². The Balaban J connectivity index is 1.87. The molecule has 0 radical (unpaired) electrons. The Hall–Kier alpha value is -0.570. The normalized spacial score (nSPS) is 25.2. The molecular formula is C16H25ClN2. The molecule has 3 atom stereocenters. The van der Waals surface area contributed by atoms with Gasteiger partial charge in [0.2, 0.25) is 0 Å². The number of benzene rings is 1. The number of halogens is 1. The Morgan fingerprint density at radius 3 is 2.89 bits per heavy atom. The van der Waals surface area contributed by atoms with E-state index in [1.165, 1.54) is 31.2 Å². The van der Waals surface area contributed by atoms with Gasteiger partial charge in [0.1, 0.15) is 0 Å². The summed E-state index contributed by atoms with van der Waals surface area (Å²) >= 11 is 6.03. The second-order valence-corrected chi connectivity index (χ2v) is 6.22. The molecular weight excluding hydrogens is 256 g/mol. The van der Waals surface area contributed by atoms with Gasteiger partial charge in [-0.2, -0.15) is 0 Å². The number of hydrogen-bond acceptors (Lipinski definition) is 2. The van der Waals surface area contributed by atoms with E-state index in [1.807, 2.05) is 12.1 Å². The van der Waals surface area contributed by atoms with Crippen LogP contribution in [0, 0.1) is 5.92 Å². The van der Waals surface area contributed by atoms with Crippen LogP contribution in [0.2, 0.25) is 5.02 Å². The van der Waals surface area contributed by atoms with E-state index in [2.05, 4.69) is 24.4 Å². The first kappa shape index (κ1) is 14.8. The van der Waals surface area contributed by atoms with Crippen LogP contribution in [-0.4, -0.2) is 18.6 Å². The molecule has 0 saturated heterocycles. The van der Waals surface area contributed by atoms with Crippen LogP contribution in [-0.2, 0) is 6.42 Å². The maximum absolute atomic E-state index is 6.03. The van der Waals surface area contributed by atoms with Crippen LogP contribution in [0.25, 0.3) is 0 Å². The lowest BCUT2D eigenvalue weighted by atomic mass is 9.84. The lowest BCUT2D eigenvalue weighted by Crippen LogP contribution is -2.46. The van der Waals surface area contributed by atoms with Crippen molar-refractivity contribution in [2.45, 2.75) is 51.1 Å². The molecule has 3 heteroatoms. The first-order valence-electron chi connectivity index (χ1n) is 7.39. The SMILES string of the molecule is CC(Cc1cccc(Cl)c1)NC1CCCCC1CN. The number of rotatable bonds is 5. The molecule has 106 valence electrons. The number of nitrogens with one attached hydrogen (secondary N) is 1. The summed E-state index contributed by atoms with van der Waals surface area (Å²) in [5.74, 6) is 0.649. The molecule has 1 aromatic rings. The van der Waals surface area contributed by atoms with Crippen molar-refractivity contribution in [1.29, 1.82) is 0 Å². The highest BCUT2D eigenvalue weighted by Gasteiger charge is 2.24. The Kier molecular flexibility index (Phi) is 5.68. The molecule has 1 fully saturated rings. The van der Waals surface area contributed by atoms with Gasteiger partial charge in [0.25, 0.3) is 0 Å². The fourth-order valence-electron chi connectivity index (χ4n) is 3.15. The highest BCUT2D eigenvalue weighted by Crippen LogP contribution is 2.24. The topological polar surface area (TPSA) is 38.0 Å². The highest BCUT2D eigenvalue weighted by molar-refractivity contribution is 6.30. The summed E-state index contributed by atoms with van der Waals surface area (Å²) in [5.41, 5.74) is 7.18. The first-order chi connectivity index (χ1) is 9.19. The van der Waals surface area contributed by atoms with Gasteiger partial charge in [-0.05, 0) is 56.3 Å². The molecule has 0 heterocycles. The zero-order valence-electron chi connectivity index (χ0n) is 11.7. The minimum absolute atomic E-state index is 0.468. The molecule has 1 aliphatic carbocycles. The summed E-state index contributed by atoms with van der Waals surface area (Å²) in [5, 5.41) is 4.59. The van der Waals surface area contributed by atoms with E-state index in [1.54, 1.807) is 0 Å². The van der Waals surface area contributed by atoms with E-state index in [-0.39, 0.29) is 0 Å². The van der Waals surface area contributed by atoms with Crippen molar-refractivity contribution in [2.75, 3.05) is 6.54 Å². The third kappa shape index (κ3) is 4.48. The molecule has 1 aliphatic rings. The third-order valence-corrected chi connectivity index (χ3v) is 4.38. The molecule has 0 aliphatic heterocycles. The second-order valence-electron chi connectivity index (χ2n) is 5.79. The van der Waals surface area contributed by atoms with Gasteiger partial charge in [-0.3, -0.25) is 0 Å². The fourth-order valence-corrected chi connectivity index (χ4v) is 3.36. The van der Waals surface area contributed by atoms with E-state index >= 15 is 0 Å². The summed E-state index contributed by atoms with van der Waals surface area (Å²) in [7, 11) is 0. The molecule has 0 spiro atoms. The van der Waals surface area contributed by atoms with Gasteiger partial charge in [0, 0.05) is 17.1 Å². The molecule has 1 aromatic carbocycles. The average Bonchev–Trinajstić information content (AvgIpc) is 2.39. The number of nitrogens with two attached hydrogens (primary N) is 1. The quantitative estimate of drug-likeness (QED) is 0.868. The van der Waals surface area contributed by atoms with Crippen LogP contribution >= 0.6 is 11.6 Å². The maximum atomic E-state index is 6.03. The van der Waals surface area contributed by atoms with E-state index in [0.717, 1.165) is 18.0 Å². The van der Waals surface area contributed by atoms with Gasteiger partial charge in [-0.15, -0.1) is 0 Å². The molecule has 3 unspecified atom stereocenters. The monoisotopic (exact) mass is 280 g/mol. The Labute approximate surface area is 121 Å². The second kappa shape index (κ2) is 7.28. The minimum Gasteiger partial charge on any atom is -0.330 e. The molecule has 2 rings (SSSR count). The first-order valence-corrected chi connectivity index (χ1v) is 7.77. The van der Waals surface area contributed by atoms with E-state index in [4.69, 9.17) is 17.3 Å². The smallest absolute Gasteiger partial charge is 0.0408 e. The summed E-state index contributed by atoms with van der Waals surface area (Å²) in [4.78, 5) is 0. The summed E-state index contributed by atoms with van der Waals surface area (Å²) in [6, 6.07) is 9.21. The molecule has 0 aromatic heterocycles. The van der Waals surface area contributed by atoms with Gasteiger partial charge in [0.05, 0.1) is 0 Å². The van der Waals surface area contributed by atoms with Crippen molar-refractivity contribution >= 4 is 11.6 Å². The summed E-state index contributed by atoms with van der Waals surface area (Å²) < 4.78 is 0. The molecule has 0 bridgehead atoms. The largest absolute Gasteiger partial charge is 0.330 e. The summed E-state index contributed by atoms with van der Waals surface area (Å²) in [6.45, 7) is 3.06. The van der Waals surface area contributed by atoms with Crippen molar-refractivity contribution in [3.8, 4) is 0 Å². The van der Waals surface area contributed by atoms with Crippen LogP contribution in [0.4, 0.5) is 0 Å². The Bertz CT molecular complexity index is 394. The van der Waals surface area contributed by atoms with Crippen molar-refractivity contribution in [1.82, 2.24) is 5.32 Å². The predicted molar refractivity (Wildman–Crippen MR) is 82.6 cm³/mol. The van der Waals surface area contributed by atoms with Gasteiger partial charge in [0.15, 0.2) is 0 Å². The van der Waals surface area contributed by atoms with Crippen LogP contribution in [0.1, 0.15) is 38.2 Å². The average molecular weight is 281 g/mol. The summed E-state index contributed by atoms with van der Waals surface area (Å²) in [6.07, 6.45) is 6.23. The minimum atomic E-state index is 0.468. The Morgan fingerprint density at radius 2 is 2.16 bits per heavy atom. The number of hydrogen-bond donors (Lipinski definition) is 2. The lowest BCUT2D eigenvalue weighted by Gasteiger charge is -2.33. The van der Waals surface area contributed by atoms with Gasteiger partial charge >= 0.3 is 0 Å². The van der Waals surface area contributed by atoms with Crippen molar-refractivity contribution in [2.24, 2.45) is 11.7 Å². The van der Waals surface area contributed by atoms with Crippen molar-refractivity contribution in [3.05, 3.63) is 34.9 Å². The van der Waals surface area contributed by atoms with Crippen LogP contribution < -0.4 is 11.1 Å². The lowest BCUT2D eigenvalue weighted by molar-refractivity contribution is 0.251. The van der Waals surface area contributed by atoms with Gasteiger partial charge < -0.3 is 11.1 Å². The molecule has 2 nitrogen and oxygen atoms in total.